The van der Waals surface area contributed by atoms with Crippen LogP contribution in [0.15, 0.2) is 48.5 Å². The molecule has 2 aromatic carbocycles. The van der Waals surface area contributed by atoms with Crippen LogP contribution in [-0.4, -0.2) is 24.1 Å². The molecule has 0 heterocycles. The number of alkyl carbamates (subject to hydrolysis) is 1. The Bertz CT molecular complexity index is 857. The first-order valence-corrected chi connectivity index (χ1v) is 8.98. The molecule has 29 heavy (non-hydrogen) atoms. The standard InChI is InChI=1S/C21H23F3N2O3/c1-20(2,3)29-19(28)25-12-11-14-7-9-17(10-8-14)26-18(27)15-5-4-6-16(13-15)21(22,23)24/h4-10,13H,11-12H2,1-3H3,(H,25,28)(H,26,27). The predicted molar refractivity (Wildman–Crippen MR) is 104 cm³/mol. The van der Waals surface area contributed by atoms with E-state index in [0.717, 1.165) is 17.7 Å². The number of nitrogens with one attached hydrogen (secondary N) is 2. The van der Waals surface area contributed by atoms with E-state index in [1.807, 2.05) is 0 Å². The number of hydrogen-bond donors (Lipinski definition) is 2. The summed E-state index contributed by atoms with van der Waals surface area (Å²) < 4.78 is 43.5. The van der Waals surface area contributed by atoms with Crippen LogP contribution in [0.2, 0.25) is 0 Å². The maximum Gasteiger partial charge on any atom is 0.416 e. The third-order valence-electron chi connectivity index (χ3n) is 3.75. The van der Waals surface area contributed by atoms with Crippen LogP contribution in [0.5, 0.6) is 0 Å². The molecule has 0 fully saturated rings. The van der Waals surface area contributed by atoms with Gasteiger partial charge in [-0.3, -0.25) is 4.79 Å². The van der Waals surface area contributed by atoms with Crippen molar-refractivity contribution < 1.29 is 27.5 Å². The van der Waals surface area contributed by atoms with Crippen LogP contribution in [0, 0.1) is 0 Å². The van der Waals surface area contributed by atoms with Crippen molar-refractivity contribution >= 4 is 17.7 Å². The summed E-state index contributed by atoms with van der Waals surface area (Å²) in [7, 11) is 0. The van der Waals surface area contributed by atoms with Crippen molar-refractivity contribution in [1.29, 1.82) is 0 Å². The molecule has 5 nitrogen and oxygen atoms in total. The third-order valence-corrected chi connectivity index (χ3v) is 3.75. The van der Waals surface area contributed by atoms with Crippen molar-refractivity contribution in [2.24, 2.45) is 0 Å². The molecule has 0 unspecified atom stereocenters. The van der Waals surface area contributed by atoms with Gasteiger partial charge < -0.3 is 15.4 Å². The van der Waals surface area contributed by atoms with Gasteiger partial charge in [0, 0.05) is 17.8 Å². The van der Waals surface area contributed by atoms with E-state index in [0.29, 0.717) is 18.7 Å². The van der Waals surface area contributed by atoms with Crippen LogP contribution in [0.25, 0.3) is 0 Å². The van der Waals surface area contributed by atoms with E-state index in [1.54, 1.807) is 45.0 Å². The van der Waals surface area contributed by atoms with Gasteiger partial charge in [0.25, 0.3) is 5.91 Å². The Morgan fingerprint density at radius 2 is 1.66 bits per heavy atom. The topological polar surface area (TPSA) is 67.4 Å². The molecule has 0 radical (unpaired) electrons. The lowest BCUT2D eigenvalue weighted by atomic mass is 10.1. The lowest BCUT2D eigenvalue weighted by Crippen LogP contribution is -2.33. The number of ether oxygens (including phenoxy) is 1. The molecule has 0 saturated carbocycles. The van der Waals surface area contributed by atoms with Gasteiger partial charge in [-0.05, 0) is 63.1 Å². The van der Waals surface area contributed by atoms with Gasteiger partial charge >= 0.3 is 12.3 Å². The molecule has 0 bridgehead atoms. The fourth-order valence-electron chi connectivity index (χ4n) is 2.42. The molecule has 8 heteroatoms. The second-order valence-electron chi connectivity index (χ2n) is 7.41. The Hall–Kier alpha value is -3.03. The highest BCUT2D eigenvalue weighted by Crippen LogP contribution is 2.29. The van der Waals surface area contributed by atoms with Crippen molar-refractivity contribution in [3.05, 3.63) is 65.2 Å². The number of anilines is 1. The minimum atomic E-state index is -4.51. The van der Waals surface area contributed by atoms with Crippen LogP contribution in [0.4, 0.5) is 23.7 Å². The van der Waals surface area contributed by atoms with E-state index < -0.39 is 29.3 Å². The number of carbonyl (C=O) groups is 2. The lowest BCUT2D eigenvalue weighted by molar-refractivity contribution is -0.137. The summed E-state index contributed by atoms with van der Waals surface area (Å²) in [5, 5.41) is 5.22. The first-order valence-electron chi connectivity index (χ1n) is 8.98. The summed E-state index contributed by atoms with van der Waals surface area (Å²) in [6.45, 7) is 5.71. The highest BCUT2D eigenvalue weighted by molar-refractivity contribution is 6.04. The quantitative estimate of drug-likeness (QED) is 0.730. The van der Waals surface area contributed by atoms with E-state index in [2.05, 4.69) is 10.6 Å². The highest BCUT2D eigenvalue weighted by Gasteiger charge is 2.30. The van der Waals surface area contributed by atoms with Gasteiger partial charge in [-0.15, -0.1) is 0 Å². The summed E-state index contributed by atoms with van der Waals surface area (Å²) in [5.41, 5.74) is -0.151. The molecular formula is C21H23F3N2O3. The summed E-state index contributed by atoms with van der Waals surface area (Å²) in [5.74, 6) is -0.629. The maximum atomic E-state index is 12.8. The normalized spacial score (nSPS) is 11.7. The van der Waals surface area contributed by atoms with Crippen molar-refractivity contribution in [3.8, 4) is 0 Å². The molecule has 2 N–H and O–H groups in total. The zero-order valence-electron chi connectivity index (χ0n) is 16.4. The van der Waals surface area contributed by atoms with Crippen molar-refractivity contribution in [3.63, 3.8) is 0 Å². The SMILES string of the molecule is CC(C)(C)OC(=O)NCCc1ccc(NC(=O)c2cccc(C(F)(F)F)c2)cc1. The number of carbonyl (C=O) groups excluding carboxylic acids is 2. The zero-order chi connectivity index (χ0) is 21.7. The van der Waals surface area contributed by atoms with E-state index in [4.69, 9.17) is 4.74 Å². The molecule has 2 amide bonds. The van der Waals surface area contributed by atoms with Crippen LogP contribution in [0.1, 0.15) is 42.3 Å². The number of hydrogen-bond acceptors (Lipinski definition) is 3. The molecule has 0 aromatic heterocycles. The van der Waals surface area contributed by atoms with Gasteiger partial charge in [-0.25, -0.2) is 4.79 Å². The molecule has 156 valence electrons. The van der Waals surface area contributed by atoms with Crippen molar-refractivity contribution in [2.45, 2.75) is 39.0 Å². The number of alkyl halides is 3. The van der Waals surface area contributed by atoms with Crippen LogP contribution in [0.3, 0.4) is 0 Å². The Balaban J connectivity index is 1.89. The maximum absolute atomic E-state index is 12.8. The van der Waals surface area contributed by atoms with E-state index in [-0.39, 0.29) is 5.56 Å². The molecule has 0 atom stereocenters. The molecule has 0 saturated heterocycles. The third kappa shape index (κ3) is 7.48. The molecular weight excluding hydrogens is 385 g/mol. The largest absolute Gasteiger partial charge is 0.444 e. The van der Waals surface area contributed by atoms with Crippen LogP contribution < -0.4 is 10.6 Å². The molecule has 0 spiro atoms. The molecule has 2 aromatic rings. The van der Waals surface area contributed by atoms with E-state index in [9.17, 15) is 22.8 Å². The van der Waals surface area contributed by atoms with Crippen molar-refractivity contribution in [1.82, 2.24) is 5.32 Å². The number of benzene rings is 2. The summed E-state index contributed by atoms with van der Waals surface area (Å²) in [6, 6.07) is 11.1. The Morgan fingerprint density at radius 3 is 2.24 bits per heavy atom. The minimum absolute atomic E-state index is 0.0783. The zero-order valence-corrected chi connectivity index (χ0v) is 16.4. The molecule has 0 aliphatic heterocycles. The monoisotopic (exact) mass is 408 g/mol. The van der Waals surface area contributed by atoms with Gasteiger partial charge in [0.15, 0.2) is 0 Å². The average Bonchev–Trinajstić information content (AvgIpc) is 2.61. The van der Waals surface area contributed by atoms with Gasteiger partial charge in [-0.1, -0.05) is 18.2 Å². The van der Waals surface area contributed by atoms with Gasteiger partial charge in [-0.2, -0.15) is 13.2 Å². The average molecular weight is 408 g/mol. The lowest BCUT2D eigenvalue weighted by Gasteiger charge is -2.19. The number of rotatable bonds is 5. The first-order chi connectivity index (χ1) is 13.4. The molecule has 2 rings (SSSR count). The van der Waals surface area contributed by atoms with E-state index in [1.165, 1.54) is 12.1 Å². The second kappa shape index (κ2) is 8.98. The second-order valence-corrected chi connectivity index (χ2v) is 7.41. The van der Waals surface area contributed by atoms with Crippen molar-refractivity contribution in [2.75, 3.05) is 11.9 Å². The highest BCUT2D eigenvalue weighted by atomic mass is 19.4. The van der Waals surface area contributed by atoms with E-state index >= 15 is 0 Å². The number of amides is 2. The predicted octanol–water partition coefficient (Wildman–Crippen LogP) is 5.02. The smallest absolute Gasteiger partial charge is 0.416 e. The van der Waals surface area contributed by atoms with Gasteiger partial charge in [0.2, 0.25) is 0 Å². The first kappa shape index (κ1) is 22.3. The van der Waals surface area contributed by atoms with Gasteiger partial charge in [0.05, 0.1) is 5.56 Å². The summed E-state index contributed by atoms with van der Waals surface area (Å²) >= 11 is 0. The van der Waals surface area contributed by atoms with Crippen LogP contribution in [-0.2, 0) is 17.3 Å². The Labute approximate surface area is 167 Å². The summed E-state index contributed by atoms with van der Waals surface area (Å²) in [4.78, 5) is 23.8. The van der Waals surface area contributed by atoms with Crippen LogP contribution >= 0.6 is 0 Å². The fourth-order valence-corrected chi connectivity index (χ4v) is 2.42. The Kier molecular flexibility index (Phi) is 6.89. The number of halogens is 3. The minimum Gasteiger partial charge on any atom is -0.444 e. The molecule has 0 aliphatic carbocycles. The summed E-state index contributed by atoms with van der Waals surface area (Å²) in [6.07, 6.45) is -4.45. The fraction of sp³-hybridized carbons (Fsp3) is 0.333. The Morgan fingerprint density at radius 1 is 1.00 bits per heavy atom. The molecule has 0 aliphatic rings. The van der Waals surface area contributed by atoms with Gasteiger partial charge in [0.1, 0.15) is 5.60 Å².